The number of hydrogen-bond acceptors (Lipinski definition) is 6. The lowest BCUT2D eigenvalue weighted by Gasteiger charge is -2.14. The molecule has 0 aliphatic rings. The molecule has 3 heterocycles. The Morgan fingerprint density at radius 1 is 1.23 bits per heavy atom. The summed E-state index contributed by atoms with van der Waals surface area (Å²) in [6, 6.07) is 11.2. The van der Waals surface area contributed by atoms with Crippen molar-refractivity contribution in [3.63, 3.8) is 0 Å². The Morgan fingerprint density at radius 2 is 2.03 bits per heavy atom. The quantitative estimate of drug-likeness (QED) is 0.508. The second-order valence-electron chi connectivity index (χ2n) is 7.96. The van der Waals surface area contributed by atoms with Crippen LogP contribution in [-0.2, 0) is 6.42 Å². The molecule has 0 atom stereocenters. The summed E-state index contributed by atoms with van der Waals surface area (Å²) in [5, 5.41) is 14.0. The van der Waals surface area contributed by atoms with Crippen LogP contribution in [0.2, 0.25) is 0 Å². The number of nitrogens with zero attached hydrogens (tertiary/aromatic N) is 4. The average Bonchev–Trinajstić information content (AvgIpc) is 3.31. The van der Waals surface area contributed by atoms with Crippen LogP contribution in [0.15, 0.2) is 47.1 Å². The lowest BCUT2D eigenvalue weighted by Crippen LogP contribution is -2.19. The summed E-state index contributed by atoms with van der Waals surface area (Å²) in [5.74, 6) is 0.341. The third kappa shape index (κ3) is 3.81. The van der Waals surface area contributed by atoms with Crippen molar-refractivity contribution in [3.8, 4) is 22.6 Å². The van der Waals surface area contributed by atoms with Crippen LogP contribution in [0.3, 0.4) is 0 Å². The van der Waals surface area contributed by atoms with Crippen LogP contribution in [0.25, 0.3) is 28.3 Å². The largest absolute Gasteiger partial charge is 0.390 e. The smallest absolute Gasteiger partial charge is 0.268 e. The fourth-order valence-corrected chi connectivity index (χ4v) is 3.32. The Hall–Kier alpha value is -3.52. The zero-order valence-corrected chi connectivity index (χ0v) is 17.1. The number of aromatic nitrogens is 4. The van der Waals surface area contributed by atoms with Gasteiger partial charge in [0, 0.05) is 23.7 Å². The number of fused-ring (bicyclic) bond motifs is 1. The third-order valence-electron chi connectivity index (χ3n) is 4.93. The Bertz CT molecular complexity index is 1230. The first-order valence-corrected chi connectivity index (χ1v) is 9.66. The van der Waals surface area contributed by atoms with Crippen molar-refractivity contribution in [2.75, 3.05) is 0 Å². The number of aryl methyl sites for hydroxylation is 2. The van der Waals surface area contributed by atoms with Crippen LogP contribution >= 0.6 is 0 Å². The van der Waals surface area contributed by atoms with E-state index in [9.17, 15) is 9.90 Å². The normalized spacial score (nSPS) is 11.9. The van der Waals surface area contributed by atoms with Crippen molar-refractivity contribution in [1.82, 2.24) is 19.5 Å². The highest BCUT2D eigenvalue weighted by atomic mass is 16.5. The molecule has 154 valence electrons. The number of rotatable bonds is 6. The van der Waals surface area contributed by atoms with Gasteiger partial charge < -0.3 is 15.4 Å². The number of imidazole rings is 1. The number of benzene rings is 1. The van der Waals surface area contributed by atoms with E-state index in [2.05, 4.69) is 15.1 Å². The number of nitrogens with two attached hydrogens (primary N) is 1. The minimum atomic E-state index is -0.806. The van der Waals surface area contributed by atoms with Crippen LogP contribution in [0.4, 0.5) is 0 Å². The molecule has 8 nitrogen and oxygen atoms in total. The van der Waals surface area contributed by atoms with Gasteiger partial charge in [0.2, 0.25) is 11.7 Å². The van der Waals surface area contributed by atoms with E-state index >= 15 is 0 Å². The lowest BCUT2D eigenvalue weighted by molar-refractivity contribution is 0.0689. The highest BCUT2D eigenvalue weighted by Crippen LogP contribution is 2.31. The molecule has 0 bridgehead atoms. The number of amides is 1. The van der Waals surface area contributed by atoms with Crippen LogP contribution in [0.1, 0.15) is 42.2 Å². The Labute approximate surface area is 173 Å². The lowest BCUT2D eigenvalue weighted by atomic mass is 10.0. The van der Waals surface area contributed by atoms with Gasteiger partial charge in [-0.3, -0.25) is 9.20 Å². The highest BCUT2D eigenvalue weighted by molar-refractivity contribution is 5.99. The van der Waals surface area contributed by atoms with E-state index in [0.29, 0.717) is 41.6 Å². The second-order valence-corrected chi connectivity index (χ2v) is 7.96. The predicted molar refractivity (Wildman–Crippen MR) is 112 cm³/mol. The van der Waals surface area contributed by atoms with Crippen molar-refractivity contribution in [3.05, 3.63) is 59.7 Å². The molecule has 0 aliphatic heterocycles. The molecule has 0 radical (unpaired) electrons. The van der Waals surface area contributed by atoms with E-state index in [-0.39, 0.29) is 0 Å². The molecule has 3 N–H and O–H groups in total. The standard InChI is InChI=1S/C22H23N5O3/c1-13-7-8-14(21-25-17(30-26-21)9-10-22(2,3)29)12-15(13)18-19(20(23)28)27-11-5-4-6-16(27)24-18/h4-8,11-12,29H,9-10H2,1-3H3,(H2,23,28). The molecule has 30 heavy (non-hydrogen) atoms. The summed E-state index contributed by atoms with van der Waals surface area (Å²) in [6.07, 6.45) is 2.75. The van der Waals surface area contributed by atoms with Crippen LogP contribution in [-0.4, -0.2) is 36.1 Å². The summed E-state index contributed by atoms with van der Waals surface area (Å²) >= 11 is 0. The van der Waals surface area contributed by atoms with Gasteiger partial charge in [-0.15, -0.1) is 0 Å². The van der Waals surface area contributed by atoms with Crippen molar-refractivity contribution in [1.29, 1.82) is 0 Å². The van der Waals surface area contributed by atoms with Gasteiger partial charge in [-0.1, -0.05) is 23.4 Å². The first kappa shape index (κ1) is 19.8. The molecular formula is C22H23N5O3. The fraction of sp³-hybridized carbons (Fsp3) is 0.273. The Kier molecular flexibility index (Phi) is 4.87. The molecule has 1 amide bonds. The van der Waals surface area contributed by atoms with E-state index in [1.54, 1.807) is 24.4 Å². The van der Waals surface area contributed by atoms with E-state index < -0.39 is 11.5 Å². The molecular weight excluding hydrogens is 382 g/mol. The van der Waals surface area contributed by atoms with Gasteiger partial charge in [-0.2, -0.15) is 4.98 Å². The first-order valence-electron chi connectivity index (χ1n) is 9.66. The van der Waals surface area contributed by atoms with Gasteiger partial charge in [0.05, 0.1) is 5.60 Å². The monoisotopic (exact) mass is 405 g/mol. The zero-order chi connectivity index (χ0) is 21.5. The topological polar surface area (TPSA) is 120 Å². The van der Waals surface area contributed by atoms with Crippen LogP contribution < -0.4 is 5.73 Å². The summed E-state index contributed by atoms with van der Waals surface area (Å²) in [7, 11) is 0. The number of aliphatic hydroxyl groups is 1. The fourth-order valence-electron chi connectivity index (χ4n) is 3.32. The van der Waals surface area contributed by atoms with Gasteiger partial charge in [0.15, 0.2) is 0 Å². The van der Waals surface area contributed by atoms with Gasteiger partial charge in [0.25, 0.3) is 5.91 Å². The van der Waals surface area contributed by atoms with Gasteiger partial charge in [0.1, 0.15) is 17.0 Å². The third-order valence-corrected chi connectivity index (χ3v) is 4.93. The molecule has 0 fully saturated rings. The first-order chi connectivity index (χ1) is 14.2. The Balaban J connectivity index is 1.75. The molecule has 4 aromatic rings. The molecule has 0 saturated carbocycles. The average molecular weight is 405 g/mol. The van der Waals surface area contributed by atoms with Crippen molar-refractivity contribution >= 4 is 11.6 Å². The van der Waals surface area contributed by atoms with Crippen molar-refractivity contribution in [2.45, 2.75) is 39.2 Å². The van der Waals surface area contributed by atoms with Crippen molar-refractivity contribution < 1.29 is 14.4 Å². The van der Waals surface area contributed by atoms with Crippen LogP contribution in [0, 0.1) is 6.92 Å². The van der Waals surface area contributed by atoms with E-state index in [4.69, 9.17) is 10.3 Å². The number of carbonyl (C=O) groups excluding carboxylic acids is 1. The zero-order valence-electron chi connectivity index (χ0n) is 17.1. The van der Waals surface area contributed by atoms with Gasteiger partial charge in [-0.25, -0.2) is 4.98 Å². The molecule has 1 aromatic carbocycles. The molecule has 8 heteroatoms. The van der Waals surface area contributed by atoms with E-state index in [1.165, 1.54) is 0 Å². The maximum Gasteiger partial charge on any atom is 0.268 e. The summed E-state index contributed by atoms with van der Waals surface area (Å²) in [5.41, 5.74) is 8.79. The second kappa shape index (κ2) is 7.38. The van der Waals surface area contributed by atoms with E-state index in [0.717, 1.165) is 16.7 Å². The van der Waals surface area contributed by atoms with Crippen molar-refractivity contribution in [2.24, 2.45) is 5.73 Å². The number of hydrogen-bond donors (Lipinski definition) is 2. The maximum atomic E-state index is 12.2. The number of primary amides is 1. The van der Waals surface area contributed by atoms with E-state index in [1.807, 2.05) is 43.3 Å². The highest BCUT2D eigenvalue weighted by Gasteiger charge is 2.21. The number of carbonyl (C=O) groups is 1. The van der Waals surface area contributed by atoms with Gasteiger partial charge in [-0.05, 0) is 51.0 Å². The van der Waals surface area contributed by atoms with Gasteiger partial charge >= 0.3 is 0 Å². The summed E-state index contributed by atoms with van der Waals surface area (Å²) in [4.78, 5) is 21.3. The molecule has 0 spiro atoms. The van der Waals surface area contributed by atoms with Crippen LogP contribution in [0.5, 0.6) is 0 Å². The molecule has 0 unspecified atom stereocenters. The Morgan fingerprint density at radius 3 is 2.77 bits per heavy atom. The summed E-state index contributed by atoms with van der Waals surface area (Å²) < 4.78 is 7.02. The maximum absolute atomic E-state index is 12.2. The number of pyridine rings is 1. The minimum absolute atomic E-state index is 0.324. The summed E-state index contributed by atoms with van der Waals surface area (Å²) in [6.45, 7) is 5.42. The SMILES string of the molecule is Cc1ccc(-c2noc(CCC(C)(C)O)n2)cc1-c1nc2ccccn2c1C(N)=O. The predicted octanol–water partition coefficient (Wildman–Crippen LogP) is 3.16. The molecule has 4 rings (SSSR count). The molecule has 0 aliphatic carbocycles. The minimum Gasteiger partial charge on any atom is -0.390 e. The molecule has 3 aromatic heterocycles. The molecule has 0 saturated heterocycles.